The molecule has 0 saturated carbocycles. The first kappa shape index (κ1) is 15.7. The van der Waals surface area contributed by atoms with E-state index in [0.29, 0.717) is 6.61 Å². The van der Waals surface area contributed by atoms with Crippen LogP contribution in [0, 0.1) is 13.8 Å². The summed E-state index contributed by atoms with van der Waals surface area (Å²) < 4.78 is 5.92. The zero-order chi connectivity index (χ0) is 15.6. The maximum absolute atomic E-state index is 11.7. The van der Waals surface area contributed by atoms with Crippen LogP contribution < -0.4 is 4.74 Å². The lowest BCUT2D eigenvalue weighted by Gasteiger charge is -2.10. The third-order valence-electron chi connectivity index (χ3n) is 3.31. The molecule has 2 aromatic rings. The molecule has 0 aliphatic rings. The third-order valence-corrected chi connectivity index (χ3v) is 4.46. The lowest BCUT2D eigenvalue weighted by atomic mass is 10.1. The summed E-state index contributed by atoms with van der Waals surface area (Å²) in [4.78, 5) is 17.0. The van der Waals surface area contributed by atoms with Crippen LogP contribution in [0.2, 0.25) is 0 Å². The summed E-state index contributed by atoms with van der Waals surface area (Å²) in [5.41, 5.74) is 3.11. The number of ether oxygens (including phenoxy) is 1. The molecule has 4 heteroatoms. The third kappa shape index (κ3) is 3.50. The molecule has 3 nitrogen and oxygen atoms in total. The van der Waals surface area contributed by atoms with Crippen molar-refractivity contribution in [2.24, 2.45) is 0 Å². The Hall–Kier alpha value is -1.68. The topological polar surface area (TPSA) is 39.2 Å². The predicted octanol–water partition coefficient (Wildman–Crippen LogP) is 4.66. The lowest BCUT2D eigenvalue weighted by molar-refractivity contribution is 0.102. The number of hydrogen-bond acceptors (Lipinski definition) is 4. The number of Topliss-reactive ketones (excluding diaryl/α,β-unsaturated/α-hetero) is 1. The van der Waals surface area contributed by atoms with Crippen LogP contribution in [-0.4, -0.2) is 10.8 Å². The molecular weight excluding hydrogens is 282 g/mol. The standard InChI is InChI=1S/C17H21NO2S/c1-10(2)15-17(13(5)19)21-14(18-15)9-20-16-11(3)7-6-8-12(16)4/h6-8,10H,9H2,1-5H3. The zero-order valence-corrected chi connectivity index (χ0v) is 14.0. The van der Waals surface area contributed by atoms with Gasteiger partial charge in [0.1, 0.15) is 17.4 Å². The first-order valence-corrected chi connectivity index (χ1v) is 7.91. The number of carbonyl (C=O) groups excluding carboxylic acids is 1. The highest BCUT2D eigenvalue weighted by molar-refractivity contribution is 7.13. The highest BCUT2D eigenvalue weighted by atomic mass is 32.1. The minimum atomic E-state index is 0.0783. The second-order valence-corrected chi connectivity index (χ2v) is 6.63. The van der Waals surface area contributed by atoms with Gasteiger partial charge in [0.05, 0.1) is 10.6 Å². The van der Waals surface area contributed by atoms with Crippen molar-refractivity contribution in [3.05, 3.63) is 44.9 Å². The summed E-state index contributed by atoms with van der Waals surface area (Å²) in [6, 6.07) is 6.08. The molecule has 1 aromatic carbocycles. The molecule has 2 rings (SSSR count). The number of aromatic nitrogens is 1. The molecule has 21 heavy (non-hydrogen) atoms. The van der Waals surface area contributed by atoms with Crippen LogP contribution in [0.4, 0.5) is 0 Å². The van der Waals surface area contributed by atoms with E-state index in [-0.39, 0.29) is 11.7 Å². The van der Waals surface area contributed by atoms with Gasteiger partial charge in [-0.3, -0.25) is 4.79 Å². The number of benzene rings is 1. The molecule has 0 unspecified atom stereocenters. The van der Waals surface area contributed by atoms with Crippen molar-refractivity contribution in [2.75, 3.05) is 0 Å². The maximum atomic E-state index is 11.7. The Morgan fingerprint density at radius 2 is 1.90 bits per heavy atom. The fourth-order valence-corrected chi connectivity index (χ4v) is 3.27. The van der Waals surface area contributed by atoms with E-state index in [9.17, 15) is 4.79 Å². The molecule has 1 aromatic heterocycles. The van der Waals surface area contributed by atoms with Gasteiger partial charge in [0, 0.05) is 6.92 Å². The van der Waals surface area contributed by atoms with E-state index in [2.05, 4.69) is 18.8 Å². The Morgan fingerprint density at radius 3 is 2.38 bits per heavy atom. The lowest BCUT2D eigenvalue weighted by Crippen LogP contribution is -2.00. The zero-order valence-electron chi connectivity index (χ0n) is 13.2. The minimum absolute atomic E-state index is 0.0783. The van der Waals surface area contributed by atoms with Gasteiger partial charge in [0.2, 0.25) is 0 Å². The van der Waals surface area contributed by atoms with Crippen molar-refractivity contribution in [3.8, 4) is 5.75 Å². The Balaban J connectivity index is 2.21. The van der Waals surface area contributed by atoms with Crippen LogP contribution in [0.3, 0.4) is 0 Å². The first-order valence-electron chi connectivity index (χ1n) is 7.09. The van der Waals surface area contributed by atoms with Crippen LogP contribution in [0.1, 0.15) is 58.2 Å². The number of hydrogen-bond donors (Lipinski definition) is 0. The smallest absolute Gasteiger partial charge is 0.171 e. The monoisotopic (exact) mass is 303 g/mol. The van der Waals surface area contributed by atoms with E-state index in [0.717, 1.165) is 32.5 Å². The van der Waals surface area contributed by atoms with Crippen LogP contribution in [0.15, 0.2) is 18.2 Å². The quantitative estimate of drug-likeness (QED) is 0.754. The average Bonchev–Trinajstić information content (AvgIpc) is 2.83. The average molecular weight is 303 g/mol. The molecule has 0 atom stereocenters. The molecule has 0 spiro atoms. The summed E-state index contributed by atoms with van der Waals surface area (Å²) in [5.74, 6) is 1.23. The Kier molecular flexibility index (Phi) is 4.78. The molecule has 0 saturated heterocycles. The van der Waals surface area contributed by atoms with Crippen molar-refractivity contribution >= 4 is 17.1 Å². The number of nitrogens with zero attached hydrogens (tertiary/aromatic N) is 1. The normalized spacial score (nSPS) is 11.0. The van der Waals surface area contributed by atoms with Crippen LogP contribution in [-0.2, 0) is 6.61 Å². The van der Waals surface area contributed by atoms with Gasteiger partial charge >= 0.3 is 0 Å². The van der Waals surface area contributed by atoms with Gasteiger partial charge in [-0.1, -0.05) is 32.0 Å². The molecule has 0 aliphatic carbocycles. The minimum Gasteiger partial charge on any atom is -0.486 e. The van der Waals surface area contributed by atoms with Crippen molar-refractivity contribution in [1.82, 2.24) is 4.98 Å². The van der Waals surface area contributed by atoms with Gasteiger partial charge in [-0.05, 0) is 30.9 Å². The number of carbonyl (C=O) groups is 1. The summed E-state index contributed by atoms with van der Waals surface area (Å²) in [7, 11) is 0. The second kappa shape index (κ2) is 6.39. The molecule has 0 aliphatic heterocycles. The summed E-state index contributed by atoms with van der Waals surface area (Å²) in [6.07, 6.45) is 0. The number of ketones is 1. The Labute approximate surface area is 130 Å². The fraction of sp³-hybridized carbons (Fsp3) is 0.412. The van der Waals surface area contributed by atoms with Crippen LogP contribution in [0.25, 0.3) is 0 Å². The summed E-state index contributed by atoms with van der Waals surface area (Å²) in [6.45, 7) is 10.2. The van der Waals surface area contributed by atoms with E-state index >= 15 is 0 Å². The van der Waals surface area contributed by atoms with E-state index < -0.39 is 0 Å². The van der Waals surface area contributed by atoms with Crippen LogP contribution in [0.5, 0.6) is 5.75 Å². The van der Waals surface area contributed by atoms with Gasteiger partial charge in [-0.15, -0.1) is 11.3 Å². The van der Waals surface area contributed by atoms with E-state index in [1.807, 2.05) is 32.0 Å². The fourth-order valence-electron chi connectivity index (χ4n) is 2.24. The number of para-hydroxylation sites is 1. The molecular formula is C17H21NO2S. The highest BCUT2D eigenvalue weighted by Crippen LogP contribution is 2.28. The van der Waals surface area contributed by atoms with Crippen molar-refractivity contribution in [1.29, 1.82) is 0 Å². The molecule has 0 fully saturated rings. The maximum Gasteiger partial charge on any atom is 0.171 e. The Morgan fingerprint density at radius 1 is 1.29 bits per heavy atom. The molecule has 0 amide bonds. The van der Waals surface area contributed by atoms with Gasteiger partial charge < -0.3 is 4.74 Å². The number of thiazole rings is 1. The Bertz CT molecular complexity index is 639. The van der Waals surface area contributed by atoms with Crippen molar-refractivity contribution in [3.63, 3.8) is 0 Å². The first-order chi connectivity index (χ1) is 9.90. The van der Waals surface area contributed by atoms with E-state index in [1.165, 1.54) is 11.3 Å². The molecule has 0 radical (unpaired) electrons. The van der Waals surface area contributed by atoms with Crippen LogP contribution >= 0.6 is 11.3 Å². The SMILES string of the molecule is CC(=O)c1sc(COc2c(C)cccc2C)nc1C(C)C. The van der Waals surface area contributed by atoms with Gasteiger partial charge in [0.15, 0.2) is 5.78 Å². The predicted molar refractivity (Wildman–Crippen MR) is 86.5 cm³/mol. The molecule has 112 valence electrons. The number of aryl methyl sites for hydroxylation is 2. The summed E-state index contributed by atoms with van der Waals surface area (Å²) >= 11 is 1.44. The van der Waals surface area contributed by atoms with Crippen molar-refractivity contribution in [2.45, 2.75) is 47.1 Å². The van der Waals surface area contributed by atoms with Gasteiger partial charge in [-0.2, -0.15) is 0 Å². The molecule has 1 heterocycles. The molecule has 0 bridgehead atoms. The van der Waals surface area contributed by atoms with Gasteiger partial charge in [0.25, 0.3) is 0 Å². The van der Waals surface area contributed by atoms with E-state index in [4.69, 9.17) is 4.74 Å². The summed E-state index contributed by atoms with van der Waals surface area (Å²) in [5, 5.41) is 0.853. The van der Waals surface area contributed by atoms with Gasteiger partial charge in [-0.25, -0.2) is 4.98 Å². The highest BCUT2D eigenvalue weighted by Gasteiger charge is 2.18. The van der Waals surface area contributed by atoms with E-state index in [1.54, 1.807) is 6.92 Å². The van der Waals surface area contributed by atoms with Crippen molar-refractivity contribution < 1.29 is 9.53 Å². The largest absolute Gasteiger partial charge is 0.486 e. The second-order valence-electron chi connectivity index (χ2n) is 5.54. The molecule has 0 N–H and O–H groups in total. The number of rotatable bonds is 5.